The number of nitrogen functional groups attached to an aromatic ring is 1. The van der Waals surface area contributed by atoms with Gasteiger partial charge < -0.3 is 11.1 Å². The minimum Gasteiger partial charge on any atom is -0.399 e. The number of hydrogen-bond acceptors (Lipinski definition) is 3. The summed E-state index contributed by atoms with van der Waals surface area (Å²) in [5.74, 6) is 0.00825. The Morgan fingerprint density at radius 1 is 1.37 bits per heavy atom. The molecular weight excluding hydrogens is 240 g/mol. The number of carbonyl (C=O) groups excluding carboxylic acids is 1. The number of nitrogens with zero attached hydrogens (tertiary/aromatic N) is 2. The molecule has 3 N–H and O–H groups in total. The number of aromatic nitrogens is 2. The van der Waals surface area contributed by atoms with Gasteiger partial charge in [-0.2, -0.15) is 5.10 Å². The SMILES string of the molecule is Cn1ccc(CNC(=O)CCc2ccccc2N)n1. The molecule has 1 aromatic carbocycles. The van der Waals surface area contributed by atoms with Crippen LogP contribution in [0.4, 0.5) is 5.69 Å². The maximum absolute atomic E-state index is 11.7. The first-order valence-corrected chi connectivity index (χ1v) is 6.24. The monoisotopic (exact) mass is 258 g/mol. The van der Waals surface area contributed by atoms with Crippen molar-refractivity contribution in [3.8, 4) is 0 Å². The van der Waals surface area contributed by atoms with Gasteiger partial charge in [0, 0.05) is 25.4 Å². The zero-order chi connectivity index (χ0) is 13.7. The molecule has 5 heteroatoms. The highest BCUT2D eigenvalue weighted by atomic mass is 16.1. The predicted molar refractivity (Wildman–Crippen MR) is 74.2 cm³/mol. The van der Waals surface area contributed by atoms with Crippen molar-refractivity contribution in [1.29, 1.82) is 0 Å². The number of anilines is 1. The molecule has 0 aliphatic carbocycles. The van der Waals surface area contributed by atoms with Crippen LogP contribution in [0.1, 0.15) is 17.7 Å². The second kappa shape index (κ2) is 6.04. The van der Waals surface area contributed by atoms with Gasteiger partial charge >= 0.3 is 0 Å². The maximum Gasteiger partial charge on any atom is 0.220 e. The fourth-order valence-electron chi connectivity index (χ4n) is 1.85. The average molecular weight is 258 g/mol. The van der Waals surface area contributed by atoms with Crippen molar-refractivity contribution in [2.24, 2.45) is 7.05 Å². The highest BCUT2D eigenvalue weighted by Gasteiger charge is 2.05. The quantitative estimate of drug-likeness (QED) is 0.793. The van der Waals surface area contributed by atoms with Crippen molar-refractivity contribution in [1.82, 2.24) is 15.1 Å². The first-order chi connectivity index (χ1) is 9.15. The zero-order valence-electron chi connectivity index (χ0n) is 11.0. The number of benzene rings is 1. The minimum absolute atomic E-state index is 0.00825. The molecule has 0 bridgehead atoms. The van der Waals surface area contributed by atoms with Crippen molar-refractivity contribution in [3.63, 3.8) is 0 Å². The Balaban J connectivity index is 1.77. The Labute approximate surface area is 112 Å². The van der Waals surface area contributed by atoms with Gasteiger partial charge in [0.05, 0.1) is 12.2 Å². The molecule has 5 nitrogen and oxygen atoms in total. The molecule has 0 saturated carbocycles. The summed E-state index contributed by atoms with van der Waals surface area (Å²) in [6.07, 6.45) is 2.94. The van der Waals surface area contributed by atoms with Crippen LogP contribution >= 0.6 is 0 Å². The Kier molecular flexibility index (Phi) is 4.18. The van der Waals surface area contributed by atoms with Gasteiger partial charge in [0.25, 0.3) is 0 Å². The van der Waals surface area contributed by atoms with Crippen molar-refractivity contribution >= 4 is 11.6 Å². The molecule has 100 valence electrons. The summed E-state index contributed by atoms with van der Waals surface area (Å²) < 4.78 is 1.71. The van der Waals surface area contributed by atoms with Crippen molar-refractivity contribution in [2.75, 3.05) is 5.73 Å². The van der Waals surface area contributed by atoms with Crippen LogP contribution in [0, 0.1) is 0 Å². The van der Waals surface area contributed by atoms with Crippen LogP contribution in [0.3, 0.4) is 0 Å². The van der Waals surface area contributed by atoms with E-state index in [1.807, 2.05) is 43.6 Å². The summed E-state index contributed by atoms with van der Waals surface area (Å²) in [6.45, 7) is 0.462. The molecule has 0 fully saturated rings. The van der Waals surface area contributed by atoms with Gasteiger partial charge in [-0.25, -0.2) is 0 Å². The predicted octanol–water partition coefficient (Wildman–Crippen LogP) is 1.25. The average Bonchev–Trinajstić information content (AvgIpc) is 2.81. The highest BCUT2D eigenvalue weighted by molar-refractivity contribution is 5.76. The molecule has 2 aromatic rings. The molecule has 0 unspecified atom stereocenters. The van der Waals surface area contributed by atoms with Crippen LogP contribution in [-0.2, 0) is 24.8 Å². The van der Waals surface area contributed by atoms with Crippen LogP contribution < -0.4 is 11.1 Å². The lowest BCUT2D eigenvalue weighted by atomic mass is 10.1. The molecule has 1 amide bonds. The van der Waals surface area contributed by atoms with E-state index in [-0.39, 0.29) is 5.91 Å². The normalized spacial score (nSPS) is 10.4. The van der Waals surface area contributed by atoms with Gasteiger partial charge in [0.2, 0.25) is 5.91 Å². The van der Waals surface area contributed by atoms with Crippen molar-refractivity contribution in [2.45, 2.75) is 19.4 Å². The summed E-state index contributed by atoms with van der Waals surface area (Å²) in [5.41, 5.74) is 8.43. The largest absolute Gasteiger partial charge is 0.399 e. The Hall–Kier alpha value is -2.30. The number of para-hydroxylation sites is 1. The van der Waals surface area contributed by atoms with Gasteiger partial charge in [0.15, 0.2) is 0 Å². The molecule has 1 aromatic heterocycles. The van der Waals surface area contributed by atoms with E-state index in [9.17, 15) is 4.79 Å². The molecule has 19 heavy (non-hydrogen) atoms. The van der Waals surface area contributed by atoms with E-state index in [4.69, 9.17) is 5.73 Å². The van der Waals surface area contributed by atoms with E-state index in [2.05, 4.69) is 10.4 Å². The first-order valence-electron chi connectivity index (χ1n) is 6.24. The number of hydrogen-bond donors (Lipinski definition) is 2. The van der Waals surface area contributed by atoms with E-state index in [1.54, 1.807) is 4.68 Å². The van der Waals surface area contributed by atoms with Crippen LogP contribution in [0.15, 0.2) is 36.5 Å². The molecule has 0 radical (unpaired) electrons. The Bertz CT molecular complexity index is 562. The lowest BCUT2D eigenvalue weighted by Crippen LogP contribution is -2.23. The van der Waals surface area contributed by atoms with Gasteiger partial charge in [-0.3, -0.25) is 9.48 Å². The van der Waals surface area contributed by atoms with Crippen LogP contribution in [0.2, 0.25) is 0 Å². The number of rotatable bonds is 5. The molecular formula is C14H18N4O. The molecule has 0 saturated heterocycles. The van der Waals surface area contributed by atoms with Crippen molar-refractivity contribution in [3.05, 3.63) is 47.8 Å². The van der Waals surface area contributed by atoms with E-state index in [0.29, 0.717) is 19.4 Å². The summed E-state index contributed by atoms with van der Waals surface area (Å²) in [7, 11) is 1.85. The van der Waals surface area contributed by atoms with E-state index >= 15 is 0 Å². The highest BCUT2D eigenvalue weighted by Crippen LogP contribution is 2.12. The Morgan fingerprint density at radius 2 is 2.16 bits per heavy atom. The van der Waals surface area contributed by atoms with Crippen molar-refractivity contribution < 1.29 is 4.79 Å². The second-order valence-electron chi connectivity index (χ2n) is 4.46. The zero-order valence-corrected chi connectivity index (χ0v) is 11.0. The molecule has 0 atom stereocenters. The molecule has 2 rings (SSSR count). The van der Waals surface area contributed by atoms with Crippen LogP contribution in [0.5, 0.6) is 0 Å². The van der Waals surface area contributed by atoms with Gasteiger partial charge in [-0.05, 0) is 24.1 Å². The third-order valence-corrected chi connectivity index (χ3v) is 2.91. The third kappa shape index (κ3) is 3.84. The fourth-order valence-corrected chi connectivity index (χ4v) is 1.85. The number of nitrogens with two attached hydrogens (primary N) is 1. The first kappa shape index (κ1) is 13.1. The van der Waals surface area contributed by atoms with Gasteiger partial charge in [0.1, 0.15) is 0 Å². The summed E-state index contributed by atoms with van der Waals surface area (Å²) in [5, 5.41) is 7.04. The number of aryl methyl sites for hydroxylation is 2. The molecule has 0 spiro atoms. The molecule has 0 aliphatic rings. The fraction of sp³-hybridized carbons (Fsp3) is 0.286. The molecule has 1 heterocycles. The minimum atomic E-state index is 0.00825. The number of carbonyl (C=O) groups is 1. The van der Waals surface area contributed by atoms with Crippen LogP contribution in [-0.4, -0.2) is 15.7 Å². The third-order valence-electron chi connectivity index (χ3n) is 2.91. The van der Waals surface area contributed by atoms with E-state index in [0.717, 1.165) is 16.9 Å². The summed E-state index contributed by atoms with van der Waals surface area (Å²) >= 11 is 0. The summed E-state index contributed by atoms with van der Waals surface area (Å²) in [6, 6.07) is 9.50. The maximum atomic E-state index is 11.7. The topological polar surface area (TPSA) is 72.9 Å². The smallest absolute Gasteiger partial charge is 0.220 e. The second-order valence-corrected chi connectivity index (χ2v) is 4.46. The number of nitrogens with one attached hydrogen (secondary N) is 1. The van der Waals surface area contributed by atoms with E-state index in [1.165, 1.54) is 0 Å². The van der Waals surface area contributed by atoms with Gasteiger partial charge in [-0.15, -0.1) is 0 Å². The lowest BCUT2D eigenvalue weighted by Gasteiger charge is -2.05. The molecule has 0 aliphatic heterocycles. The standard InChI is InChI=1S/C14H18N4O/c1-18-9-8-12(17-18)10-16-14(19)7-6-11-4-2-3-5-13(11)15/h2-5,8-9H,6-7,10,15H2,1H3,(H,16,19). The van der Waals surface area contributed by atoms with Gasteiger partial charge in [-0.1, -0.05) is 18.2 Å². The lowest BCUT2D eigenvalue weighted by molar-refractivity contribution is -0.121. The Morgan fingerprint density at radius 3 is 2.84 bits per heavy atom. The van der Waals surface area contributed by atoms with E-state index < -0.39 is 0 Å². The summed E-state index contributed by atoms with van der Waals surface area (Å²) in [4.78, 5) is 11.7. The number of amides is 1. The van der Waals surface area contributed by atoms with Crippen LogP contribution in [0.25, 0.3) is 0 Å².